The second-order valence-corrected chi connectivity index (χ2v) is 4.79. The quantitative estimate of drug-likeness (QED) is 0.630. The van der Waals surface area contributed by atoms with E-state index < -0.39 is 18.0 Å². The Balaban J connectivity index is 2.70. The smallest absolute Gasteiger partial charge is 0.331 e. The van der Waals surface area contributed by atoms with Crippen LogP contribution in [0.25, 0.3) is 0 Å². The number of carbonyl (C=O) groups is 3. The van der Waals surface area contributed by atoms with Gasteiger partial charge in [-0.15, -0.1) is 0 Å². The van der Waals surface area contributed by atoms with Gasteiger partial charge >= 0.3 is 18.0 Å². The maximum Gasteiger partial charge on any atom is 0.331 e. The van der Waals surface area contributed by atoms with Crippen LogP contribution in [0.2, 0.25) is 0 Å². The molecule has 1 aromatic rings. The van der Waals surface area contributed by atoms with Gasteiger partial charge in [0.15, 0.2) is 0 Å². The molecule has 0 bridgehead atoms. The van der Waals surface area contributed by atoms with Gasteiger partial charge in [0, 0.05) is 26.2 Å². The summed E-state index contributed by atoms with van der Waals surface area (Å²) in [4.78, 5) is 35.7. The van der Waals surface area contributed by atoms with E-state index in [2.05, 4.69) is 10.1 Å². The molecule has 0 aliphatic carbocycles. The highest BCUT2D eigenvalue weighted by molar-refractivity contribution is 5.91. The number of esters is 2. The summed E-state index contributed by atoms with van der Waals surface area (Å²) in [7, 11) is 4.44. The molecule has 2 amide bonds. The summed E-state index contributed by atoms with van der Waals surface area (Å²) in [5.74, 6) is -1.35. The van der Waals surface area contributed by atoms with E-state index in [0.29, 0.717) is 0 Å². The molecule has 1 N–H and O–H groups in total. The van der Waals surface area contributed by atoms with Gasteiger partial charge in [-0.25, -0.2) is 14.4 Å². The number of nitrogens with zero attached hydrogens (tertiary/aromatic N) is 1. The fourth-order valence-electron chi connectivity index (χ4n) is 1.60. The van der Waals surface area contributed by atoms with Crippen molar-refractivity contribution in [2.24, 2.45) is 0 Å². The molecule has 23 heavy (non-hydrogen) atoms. The van der Waals surface area contributed by atoms with Crippen LogP contribution < -0.4 is 5.32 Å². The van der Waals surface area contributed by atoms with Crippen molar-refractivity contribution in [3.05, 3.63) is 48.0 Å². The summed E-state index contributed by atoms with van der Waals surface area (Å²) in [5, 5.41) is 2.76. The third-order valence-electron chi connectivity index (χ3n) is 2.85. The third-order valence-corrected chi connectivity index (χ3v) is 2.85. The molecule has 124 valence electrons. The van der Waals surface area contributed by atoms with Gasteiger partial charge in [-0.1, -0.05) is 30.3 Å². The second kappa shape index (κ2) is 9.24. The van der Waals surface area contributed by atoms with Crippen molar-refractivity contribution in [2.45, 2.75) is 6.04 Å². The molecule has 0 spiro atoms. The van der Waals surface area contributed by atoms with Gasteiger partial charge in [0.1, 0.15) is 6.61 Å². The first-order valence-electron chi connectivity index (χ1n) is 6.89. The molecule has 0 heterocycles. The molecule has 1 rings (SSSR count). The van der Waals surface area contributed by atoms with Gasteiger partial charge in [-0.2, -0.15) is 0 Å². The standard InChI is InChI=1S/C16H20N2O5/c1-18(2)16(21)17-13(12-7-5-4-6-8-12)11-23-15(20)10-9-14(19)22-3/h4-10,13H,11H2,1-3H3,(H,17,21)/b10-9+/t13-/m1/s1. The van der Waals surface area contributed by atoms with Gasteiger partial charge in [-0.05, 0) is 5.56 Å². The highest BCUT2D eigenvalue weighted by atomic mass is 16.5. The minimum absolute atomic E-state index is 0.0616. The van der Waals surface area contributed by atoms with E-state index in [1.165, 1.54) is 12.0 Å². The van der Waals surface area contributed by atoms with Crippen molar-refractivity contribution in [1.29, 1.82) is 0 Å². The maximum absolute atomic E-state index is 11.8. The highest BCUT2D eigenvalue weighted by Crippen LogP contribution is 2.13. The molecular weight excluding hydrogens is 300 g/mol. The summed E-state index contributed by atoms with van der Waals surface area (Å²) in [5.41, 5.74) is 0.799. The summed E-state index contributed by atoms with van der Waals surface area (Å²) in [6.07, 6.45) is 1.94. The van der Waals surface area contributed by atoms with Crippen LogP contribution in [0.5, 0.6) is 0 Å². The van der Waals surface area contributed by atoms with Crippen LogP contribution in [0.3, 0.4) is 0 Å². The molecule has 0 saturated carbocycles. The SMILES string of the molecule is COC(=O)/C=C/C(=O)OC[C@@H](NC(=O)N(C)C)c1ccccc1. The zero-order valence-electron chi connectivity index (χ0n) is 13.3. The van der Waals surface area contributed by atoms with Crippen LogP contribution in [-0.4, -0.2) is 50.7 Å². The molecule has 0 saturated heterocycles. The Labute approximate surface area is 134 Å². The van der Waals surface area contributed by atoms with Gasteiger partial charge in [0.25, 0.3) is 0 Å². The lowest BCUT2D eigenvalue weighted by Gasteiger charge is -2.21. The first kappa shape index (κ1) is 18.2. The van der Waals surface area contributed by atoms with E-state index in [0.717, 1.165) is 17.7 Å². The fourth-order valence-corrected chi connectivity index (χ4v) is 1.60. The molecule has 0 aliphatic heterocycles. The molecule has 1 aromatic carbocycles. The molecular formula is C16H20N2O5. The van der Waals surface area contributed by atoms with Crippen LogP contribution in [0.1, 0.15) is 11.6 Å². The zero-order valence-corrected chi connectivity index (χ0v) is 13.3. The lowest BCUT2D eigenvalue weighted by Crippen LogP contribution is -2.39. The molecule has 0 fully saturated rings. The predicted octanol–water partition coefficient (Wildman–Crippen LogP) is 1.27. The Hall–Kier alpha value is -2.83. The minimum Gasteiger partial charge on any atom is -0.466 e. The number of benzene rings is 1. The Bertz CT molecular complexity index is 569. The van der Waals surface area contributed by atoms with E-state index >= 15 is 0 Å². The van der Waals surface area contributed by atoms with Crippen molar-refractivity contribution in [1.82, 2.24) is 10.2 Å². The molecule has 0 unspecified atom stereocenters. The number of ether oxygens (including phenoxy) is 2. The van der Waals surface area contributed by atoms with Crippen molar-refractivity contribution in [3.8, 4) is 0 Å². The average molecular weight is 320 g/mol. The van der Waals surface area contributed by atoms with E-state index in [4.69, 9.17) is 4.74 Å². The van der Waals surface area contributed by atoms with E-state index in [-0.39, 0.29) is 12.6 Å². The van der Waals surface area contributed by atoms with Crippen LogP contribution >= 0.6 is 0 Å². The molecule has 0 aromatic heterocycles. The Morgan fingerprint density at radius 3 is 2.30 bits per heavy atom. The Morgan fingerprint density at radius 1 is 1.13 bits per heavy atom. The van der Waals surface area contributed by atoms with Gasteiger partial charge in [-0.3, -0.25) is 0 Å². The normalized spacial score (nSPS) is 11.6. The van der Waals surface area contributed by atoms with Crippen LogP contribution in [0, 0.1) is 0 Å². The zero-order chi connectivity index (χ0) is 17.2. The lowest BCUT2D eigenvalue weighted by atomic mass is 10.1. The van der Waals surface area contributed by atoms with Gasteiger partial charge in [0.05, 0.1) is 13.2 Å². The molecule has 7 heteroatoms. The van der Waals surface area contributed by atoms with E-state index in [1.54, 1.807) is 14.1 Å². The number of amides is 2. The second-order valence-electron chi connectivity index (χ2n) is 4.79. The van der Waals surface area contributed by atoms with Crippen molar-refractivity contribution >= 4 is 18.0 Å². The average Bonchev–Trinajstić information content (AvgIpc) is 2.56. The molecule has 1 atom stereocenters. The third kappa shape index (κ3) is 6.64. The number of hydrogen-bond acceptors (Lipinski definition) is 5. The molecule has 0 aliphatic rings. The van der Waals surface area contributed by atoms with Crippen LogP contribution in [0.15, 0.2) is 42.5 Å². The molecule has 7 nitrogen and oxygen atoms in total. The number of methoxy groups -OCH3 is 1. The predicted molar refractivity (Wildman–Crippen MR) is 83.5 cm³/mol. The Morgan fingerprint density at radius 2 is 1.74 bits per heavy atom. The number of urea groups is 1. The minimum atomic E-state index is -0.699. The Kier molecular flexibility index (Phi) is 7.32. The summed E-state index contributed by atoms with van der Waals surface area (Å²) in [6.45, 7) is -0.0616. The number of hydrogen-bond donors (Lipinski definition) is 1. The monoisotopic (exact) mass is 320 g/mol. The first-order valence-corrected chi connectivity index (χ1v) is 6.89. The van der Waals surface area contributed by atoms with Crippen molar-refractivity contribution in [2.75, 3.05) is 27.8 Å². The summed E-state index contributed by atoms with van der Waals surface area (Å²) in [6, 6.07) is 8.32. The van der Waals surface area contributed by atoms with E-state index in [1.807, 2.05) is 30.3 Å². The van der Waals surface area contributed by atoms with Crippen molar-refractivity contribution < 1.29 is 23.9 Å². The number of carbonyl (C=O) groups excluding carboxylic acids is 3. The van der Waals surface area contributed by atoms with E-state index in [9.17, 15) is 14.4 Å². The maximum atomic E-state index is 11.8. The van der Waals surface area contributed by atoms with Crippen LogP contribution in [0.4, 0.5) is 4.79 Å². The first-order chi connectivity index (χ1) is 10.9. The largest absolute Gasteiger partial charge is 0.466 e. The van der Waals surface area contributed by atoms with Gasteiger partial charge in [0.2, 0.25) is 0 Å². The van der Waals surface area contributed by atoms with Crippen LogP contribution in [-0.2, 0) is 19.1 Å². The molecule has 0 radical (unpaired) electrons. The number of nitrogens with one attached hydrogen (secondary N) is 1. The fraction of sp³-hybridized carbons (Fsp3) is 0.312. The highest BCUT2D eigenvalue weighted by Gasteiger charge is 2.17. The lowest BCUT2D eigenvalue weighted by molar-refractivity contribution is -0.139. The number of rotatable bonds is 6. The summed E-state index contributed by atoms with van der Waals surface area (Å²) < 4.78 is 9.45. The van der Waals surface area contributed by atoms with Gasteiger partial charge < -0.3 is 19.7 Å². The summed E-state index contributed by atoms with van der Waals surface area (Å²) >= 11 is 0. The topological polar surface area (TPSA) is 84.9 Å². The van der Waals surface area contributed by atoms with Crippen molar-refractivity contribution in [3.63, 3.8) is 0 Å².